The van der Waals surface area contributed by atoms with Gasteiger partial charge in [-0.25, -0.2) is 4.98 Å². The Bertz CT molecular complexity index is 754. The number of piperidine rings is 1. The van der Waals surface area contributed by atoms with Gasteiger partial charge in [0.25, 0.3) is 5.91 Å². The molecule has 1 aromatic carbocycles. The normalized spacial score (nSPS) is 17.8. The van der Waals surface area contributed by atoms with Crippen molar-refractivity contribution in [3.8, 4) is 5.75 Å². The molecule has 1 aliphatic heterocycles. The van der Waals surface area contributed by atoms with E-state index in [-0.39, 0.29) is 17.9 Å². The number of likely N-dealkylation sites (tertiary alicyclic amines) is 1. The van der Waals surface area contributed by atoms with Crippen LogP contribution in [-0.2, 0) is 0 Å². The lowest BCUT2D eigenvalue weighted by Crippen LogP contribution is -2.39. The maximum Gasteiger partial charge on any atom is 0.254 e. The van der Waals surface area contributed by atoms with E-state index >= 15 is 0 Å². The molecular weight excluding hydrogens is 316 g/mol. The van der Waals surface area contributed by atoms with Crippen molar-refractivity contribution >= 4 is 5.91 Å². The number of methoxy groups -OCH3 is 1. The van der Waals surface area contributed by atoms with Crippen LogP contribution in [0.2, 0.25) is 0 Å². The molecule has 134 valence electrons. The molecule has 1 N–H and O–H groups in total. The van der Waals surface area contributed by atoms with Gasteiger partial charge in [-0.15, -0.1) is 0 Å². The van der Waals surface area contributed by atoms with E-state index in [1.165, 1.54) is 0 Å². The van der Waals surface area contributed by atoms with Crippen LogP contribution in [-0.4, -0.2) is 39.6 Å². The minimum Gasteiger partial charge on any atom is -0.496 e. The number of benzene rings is 1. The highest BCUT2D eigenvalue weighted by molar-refractivity contribution is 5.95. The molecule has 0 saturated carbocycles. The van der Waals surface area contributed by atoms with Gasteiger partial charge in [-0.2, -0.15) is 5.10 Å². The molecule has 3 rings (SSSR count). The molecule has 1 unspecified atom stereocenters. The van der Waals surface area contributed by atoms with E-state index < -0.39 is 0 Å². The van der Waals surface area contributed by atoms with Crippen LogP contribution in [0, 0.1) is 6.92 Å². The zero-order chi connectivity index (χ0) is 18.0. The van der Waals surface area contributed by atoms with E-state index in [0.29, 0.717) is 5.56 Å². The van der Waals surface area contributed by atoms with Crippen LogP contribution in [0.3, 0.4) is 0 Å². The number of aromatic nitrogens is 3. The summed E-state index contributed by atoms with van der Waals surface area (Å²) in [6.45, 7) is 6.83. The SMILES string of the molecule is COc1cc(C(=O)N2CCCCC2c2nc(C(C)C)n[nH]2)ccc1C. The van der Waals surface area contributed by atoms with Crippen LogP contribution in [0.25, 0.3) is 0 Å². The van der Waals surface area contributed by atoms with Crippen molar-refractivity contribution in [1.29, 1.82) is 0 Å². The number of amides is 1. The predicted molar refractivity (Wildman–Crippen MR) is 95.8 cm³/mol. The standard InChI is InChI=1S/C19H26N4O2/c1-12(2)17-20-18(22-21-17)15-7-5-6-10-23(15)19(24)14-9-8-13(3)16(11-14)25-4/h8-9,11-12,15H,5-7,10H2,1-4H3,(H,20,21,22). The number of nitrogens with zero attached hydrogens (tertiary/aromatic N) is 3. The van der Waals surface area contributed by atoms with Crippen molar-refractivity contribution in [3.05, 3.63) is 41.0 Å². The average molecular weight is 342 g/mol. The number of nitrogens with one attached hydrogen (secondary N) is 1. The minimum absolute atomic E-state index is 0.0190. The van der Waals surface area contributed by atoms with Crippen LogP contribution in [0.4, 0.5) is 0 Å². The summed E-state index contributed by atoms with van der Waals surface area (Å²) in [6, 6.07) is 5.57. The molecule has 1 saturated heterocycles. The fourth-order valence-corrected chi connectivity index (χ4v) is 3.27. The summed E-state index contributed by atoms with van der Waals surface area (Å²) >= 11 is 0. The van der Waals surface area contributed by atoms with Gasteiger partial charge < -0.3 is 9.64 Å². The minimum atomic E-state index is -0.0476. The van der Waals surface area contributed by atoms with Gasteiger partial charge in [0.1, 0.15) is 11.6 Å². The third-order valence-electron chi connectivity index (χ3n) is 4.77. The predicted octanol–water partition coefficient (Wildman–Crippen LogP) is 3.61. The molecule has 25 heavy (non-hydrogen) atoms. The van der Waals surface area contributed by atoms with Crippen molar-refractivity contribution < 1.29 is 9.53 Å². The Hall–Kier alpha value is -2.37. The van der Waals surface area contributed by atoms with Crippen LogP contribution < -0.4 is 4.74 Å². The molecule has 2 aromatic rings. The lowest BCUT2D eigenvalue weighted by molar-refractivity contribution is 0.0600. The lowest BCUT2D eigenvalue weighted by atomic mass is 9.99. The fourth-order valence-electron chi connectivity index (χ4n) is 3.27. The molecule has 1 fully saturated rings. The summed E-state index contributed by atoms with van der Waals surface area (Å²) in [4.78, 5) is 19.6. The summed E-state index contributed by atoms with van der Waals surface area (Å²) in [6.07, 6.45) is 3.00. The highest BCUT2D eigenvalue weighted by Crippen LogP contribution is 2.31. The number of aromatic amines is 1. The number of carbonyl (C=O) groups excluding carboxylic acids is 1. The summed E-state index contributed by atoms with van der Waals surface area (Å²) < 4.78 is 5.37. The van der Waals surface area contributed by atoms with Crippen LogP contribution in [0.15, 0.2) is 18.2 Å². The zero-order valence-corrected chi connectivity index (χ0v) is 15.4. The van der Waals surface area contributed by atoms with Crippen molar-refractivity contribution in [2.75, 3.05) is 13.7 Å². The molecule has 0 bridgehead atoms. The number of rotatable bonds is 4. The summed E-state index contributed by atoms with van der Waals surface area (Å²) in [7, 11) is 1.63. The maximum atomic E-state index is 13.1. The molecule has 6 heteroatoms. The van der Waals surface area contributed by atoms with Gasteiger partial charge in [-0.1, -0.05) is 19.9 Å². The van der Waals surface area contributed by atoms with Crippen LogP contribution in [0.1, 0.15) is 72.6 Å². The Labute approximate surface area is 148 Å². The molecular formula is C19H26N4O2. The quantitative estimate of drug-likeness (QED) is 0.921. The first kappa shape index (κ1) is 17.5. The zero-order valence-electron chi connectivity index (χ0n) is 15.4. The molecule has 0 radical (unpaired) electrons. The second-order valence-corrected chi connectivity index (χ2v) is 6.93. The molecule has 2 heterocycles. The summed E-state index contributed by atoms with van der Waals surface area (Å²) in [5.41, 5.74) is 1.67. The number of aryl methyl sites for hydroxylation is 1. The van der Waals surface area contributed by atoms with Crippen molar-refractivity contribution in [3.63, 3.8) is 0 Å². The Kier molecular flexibility index (Phi) is 5.06. The Balaban J connectivity index is 1.88. The highest BCUT2D eigenvalue weighted by atomic mass is 16.5. The van der Waals surface area contributed by atoms with Crippen molar-refractivity contribution in [2.24, 2.45) is 0 Å². The maximum absolute atomic E-state index is 13.1. The van der Waals surface area contributed by atoms with Gasteiger partial charge in [0.2, 0.25) is 0 Å². The van der Waals surface area contributed by atoms with Gasteiger partial charge in [-0.05, 0) is 43.9 Å². The molecule has 1 aliphatic rings. The van der Waals surface area contributed by atoms with Gasteiger partial charge in [0.05, 0.1) is 13.2 Å². The highest BCUT2D eigenvalue weighted by Gasteiger charge is 2.31. The van der Waals surface area contributed by atoms with E-state index in [9.17, 15) is 4.79 Å². The first-order chi connectivity index (χ1) is 12.0. The molecule has 0 aliphatic carbocycles. The fraction of sp³-hybridized carbons (Fsp3) is 0.526. The number of hydrogen-bond acceptors (Lipinski definition) is 4. The monoisotopic (exact) mass is 342 g/mol. The van der Waals surface area contributed by atoms with Crippen molar-refractivity contribution in [2.45, 2.75) is 52.0 Å². The van der Waals surface area contributed by atoms with E-state index in [1.807, 2.05) is 30.0 Å². The van der Waals surface area contributed by atoms with E-state index in [1.54, 1.807) is 7.11 Å². The van der Waals surface area contributed by atoms with E-state index in [2.05, 4.69) is 29.0 Å². The lowest BCUT2D eigenvalue weighted by Gasteiger charge is -2.34. The van der Waals surface area contributed by atoms with Crippen molar-refractivity contribution in [1.82, 2.24) is 20.1 Å². The topological polar surface area (TPSA) is 71.1 Å². The number of ether oxygens (including phenoxy) is 1. The molecule has 0 spiro atoms. The van der Waals surface area contributed by atoms with Gasteiger partial charge in [0.15, 0.2) is 5.82 Å². The third kappa shape index (κ3) is 3.52. The Morgan fingerprint density at radius 1 is 1.36 bits per heavy atom. The smallest absolute Gasteiger partial charge is 0.254 e. The summed E-state index contributed by atoms with van der Waals surface area (Å²) in [5, 5.41) is 7.35. The first-order valence-electron chi connectivity index (χ1n) is 8.89. The molecule has 6 nitrogen and oxygen atoms in total. The second-order valence-electron chi connectivity index (χ2n) is 6.93. The molecule has 1 atom stereocenters. The first-order valence-corrected chi connectivity index (χ1v) is 8.89. The molecule has 1 aromatic heterocycles. The number of H-pyrrole nitrogens is 1. The van der Waals surface area contributed by atoms with Gasteiger partial charge >= 0.3 is 0 Å². The Morgan fingerprint density at radius 2 is 2.16 bits per heavy atom. The van der Waals surface area contributed by atoms with E-state index in [0.717, 1.165) is 48.8 Å². The Morgan fingerprint density at radius 3 is 2.84 bits per heavy atom. The van der Waals surface area contributed by atoms with E-state index in [4.69, 9.17) is 4.74 Å². The van der Waals surface area contributed by atoms with Crippen LogP contribution in [0.5, 0.6) is 5.75 Å². The summed E-state index contributed by atoms with van der Waals surface area (Å²) in [5.74, 6) is 2.60. The third-order valence-corrected chi connectivity index (χ3v) is 4.77. The second kappa shape index (κ2) is 7.25. The van der Waals surface area contributed by atoms with Gasteiger partial charge in [-0.3, -0.25) is 9.89 Å². The largest absolute Gasteiger partial charge is 0.496 e. The van der Waals surface area contributed by atoms with Gasteiger partial charge in [0, 0.05) is 18.0 Å². The number of carbonyl (C=O) groups is 1. The molecule has 1 amide bonds. The average Bonchev–Trinajstić information content (AvgIpc) is 3.12. The van der Waals surface area contributed by atoms with Crippen LogP contribution >= 0.6 is 0 Å². The number of hydrogen-bond donors (Lipinski definition) is 1.